The second-order valence-electron chi connectivity index (χ2n) is 5.57. The van der Waals surface area contributed by atoms with Gasteiger partial charge in [-0.2, -0.15) is 0 Å². The standard InChI is InChI=1S/C18H23N3O2/c1-3-5-6-14(4-2)20-17(22)15-7-8-16(21-18(15)23)13-9-11-19-12-10-13/h7-12,14H,3-6H2,1-2H3,(H,20,22)(H,21,23)/t14-/m1/s1. The number of rotatable bonds is 7. The molecule has 2 aromatic heterocycles. The van der Waals surface area contributed by atoms with Gasteiger partial charge in [-0.1, -0.05) is 26.7 Å². The molecule has 0 fully saturated rings. The number of unbranched alkanes of at least 4 members (excludes halogenated alkanes) is 1. The highest BCUT2D eigenvalue weighted by atomic mass is 16.2. The molecule has 122 valence electrons. The summed E-state index contributed by atoms with van der Waals surface area (Å²) in [6, 6.07) is 7.06. The Balaban J connectivity index is 2.14. The Hall–Kier alpha value is -2.43. The molecule has 0 spiro atoms. The highest BCUT2D eigenvalue weighted by Crippen LogP contribution is 2.14. The summed E-state index contributed by atoms with van der Waals surface area (Å²) < 4.78 is 0. The first-order valence-corrected chi connectivity index (χ1v) is 8.10. The van der Waals surface area contributed by atoms with E-state index in [1.54, 1.807) is 24.5 Å². The quantitative estimate of drug-likeness (QED) is 0.824. The summed E-state index contributed by atoms with van der Waals surface area (Å²) >= 11 is 0. The Kier molecular flexibility index (Phi) is 6.09. The summed E-state index contributed by atoms with van der Waals surface area (Å²) in [4.78, 5) is 31.2. The Morgan fingerprint density at radius 3 is 2.57 bits per heavy atom. The van der Waals surface area contributed by atoms with Gasteiger partial charge in [-0.15, -0.1) is 0 Å². The lowest BCUT2D eigenvalue weighted by atomic mass is 10.1. The molecule has 0 radical (unpaired) electrons. The topological polar surface area (TPSA) is 74.8 Å². The van der Waals surface area contributed by atoms with Crippen LogP contribution in [0.25, 0.3) is 11.3 Å². The van der Waals surface area contributed by atoms with Gasteiger partial charge in [-0.25, -0.2) is 0 Å². The number of carbonyl (C=O) groups is 1. The van der Waals surface area contributed by atoms with Gasteiger partial charge in [-0.05, 0) is 37.1 Å². The van der Waals surface area contributed by atoms with Gasteiger partial charge < -0.3 is 10.3 Å². The number of amides is 1. The summed E-state index contributed by atoms with van der Waals surface area (Å²) in [6.07, 6.45) is 7.27. The highest BCUT2D eigenvalue weighted by molar-refractivity contribution is 5.94. The minimum absolute atomic E-state index is 0.113. The molecule has 5 heteroatoms. The lowest BCUT2D eigenvalue weighted by Crippen LogP contribution is -2.37. The first kappa shape index (κ1) is 16.9. The van der Waals surface area contributed by atoms with E-state index in [0.29, 0.717) is 5.69 Å². The number of hydrogen-bond acceptors (Lipinski definition) is 3. The molecular weight excluding hydrogens is 290 g/mol. The third-order valence-corrected chi connectivity index (χ3v) is 3.88. The van der Waals surface area contributed by atoms with E-state index in [4.69, 9.17) is 0 Å². The Labute approximate surface area is 136 Å². The fourth-order valence-electron chi connectivity index (χ4n) is 2.44. The molecule has 5 nitrogen and oxygen atoms in total. The van der Waals surface area contributed by atoms with Crippen molar-refractivity contribution in [2.75, 3.05) is 0 Å². The molecule has 2 rings (SSSR count). The molecule has 2 heterocycles. The predicted octanol–water partition coefficient (Wildman–Crippen LogP) is 3.14. The fourth-order valence-corrected chi connectivity index (χ4v) is 2.44. The third kappa shape index (κ3) is 4.52. The second kappa shape index (κ2) is 8.27. The van der Waals surface area contributed by atoms with Crippen LogP contribution in [0.15, 0.2) is 41.5 Å². The molecule has 2 N–H and O–H groups in total. The van der Waals surface area contributed by atoms with Crippen LogP contribution in [0.4, 0.5) is 0 Å². The lowest BCUT2D eigenvalue weighted by molar-refractivity contribution is 0.0932. The van der Waals surface area contributed by atoms with Crippen LogP contribution in [0.3, 0.4) is 0 Å². The second-order valence-corrected chi connectivity index (χ2v) is 5.57. The molecule has 0 unspecified atom stereocenters. The molecule has 2 aromatic rings. The van der Waals surface area contributed by atoms with Gasteiger partial charge in [0.25, 0.3) is 11.5 Å². The van der Waals surface area contributed by atoms with Crippen LogP contribution in [-0.4, -0.2) is 21.9 Å². The number of H-pyrrole nitrogens is 1. The van der Waals surface area contributed by atoms with Crippen LogP contribution in [-0.2, 0) is 0 Å². The number of aromatic nitrogens is 2. The molecule has 23 heavy (non-hydrogen) atoms. The average Bonchev–Trinajstić information content (AvgIpc) is 2.59. The monoisotopic (exact) mass is 313 g/mol. The van der Waals surface area contributed by atoms with Crippen molar-refractivity contribution in [2.24, 2.45) is 0 Å². The predicted molar refractivity (Wildman–Crippen MR) is 91.4 cm³/mol. The molecule has 1 atom stereocenters. The highest BCUT2D eigenvalue weighted by Gasteiger charge is 2.15. The zero-order chi connectivity index (χ0) is 16.7. The van der Waals surface area contributed by atoms with Gasteiger partial charge in [0.05, 0.1) is 0 Å². The van der Waals surface area contributed by atoms with E-state index in [9.17, 15) is 9.59 Å². The number of pyridine rings is 2. The Morgan fingerprint density at radius 2 is 1.96 bits per heavy atom. The summed E-state index contributed by atoms with van der Waals surface area (Å²) in [7, 11) is 0. The van der Waals surface area contributed by atoms with Crippen molar-refractivity contribution < 1.29 is 4.79 Å². The van der Waals surface area contributed by atoms with Gasteiger partial charge in [0.15, 0.2) is 0 Å². The number of nitrogens with zero attached hydrogens (tertiary/aromatic N) is 1. The van der Waals surface area contributed by atoms with Crippen molar-refractivity contribution in [3.63, 3.8) is 0 Å². The molecule has 0 saturated carbocycles. The zero-order valence-corrected chi connectivity index (χ0v) is 13.6. The number of aromatic amines is 1. The van der Waals surface area contributed by atoms with Crippen LogP contribution in [0.5, 0.6) is 0 Å². The molecule has 0 aromatic carbocycles. The molecule has 1 amide bonds. The van der Waals surface area contributed by atoms with E-state index >= 15 is 0 Å². The van der Waals surface area contributed by atoms with Crippen molar-refractivity contribution in [1.29, 1.82) is 0 Å². The SMILES string of the molecule is CCCC[C@@H](CC)NC(=O)c1ccc(-c2ccncc2)[nH]c1=O. The van der Waals surface area contributed by atoms with Gasteiger partial charge >= 0.3 is 0 Å². The average molecular weight is 313 g/mol. The van der Waals surface area contributed by atoms with E-state index in [1.807, 2.05) is 19.1 Å². The largest absolute Gasteiger partial charge is 0.349 e. The minimum Gasteiger partial charge on any atom is -0.349 e. The maximum Gasteiger partial charge on any atom is 0.261 e. The minimum atomic E-state index is -0.373. The van der Waals surface area contributed by atoms with Crippen LogP contribution in [0, 0.1) is 0 Å². The number of nitrogens with one attached hydrogen (secondary N) is 2. The first-order chi connectivity index (χ1) is 11.2. The van der Waals surface area contributed by atoms with Gasteiger partial charge in [0.2, 0.25) is 0 Å². The molecule has 0 bridgehead atoms. The molecule has 0 aliphatic rings. The van der Waals surface area contributed by atoms with E-state index in [-0.39, 0.29) is 23.1 Å². The van der Waals surface area contributed by atoms with Crippen molar-refractivity contribution in [1.82, 2.24) is 15.3 Å². The van der Waals surface area contributed by atoms with Crippen LogP contribution in [0.1, 0.15) is 49.9 Å². The summed E-state index contributed by atoms with van der Waals surface area (Å²) in [5, 5.41) is 2.95. The molecular formula is C18H23N3O2. The first-order valence-electron chi connectivity index (χ1n) is 8.10. The molecule has 0 aliphatic heterocycles. The zero-order valence-electron chi connectivity index (χ0n) is 13.6. The summed E-state index contributed by atoms with van der Waals surface area (Å²) in [5.41, 5.74) is 1.31. The normalized spacial score (nSPS) is 11.9. The number of hydrogen-bond donors (Lipinski definition) is 2. The van der Waals surface area contributed by atoms with E-state index in [0.717, 1.165) is 31.2 Å². The maximum absolute atomic E-state index is 12.3. The Morgan fingerprint density at radius 1 is 1.22 bits per heavy atom. The lowest BCUT2D eigenvalue weighted by Gasteiger charge is -2.16. The molecule has 0 aliphatic carbocycles. The summed E-state index contributed by atoms with van der Waals surface area (Å²) in [6.45, 7) is 4.16. The van der Waals surface area contributed by atoms with E-state index < -0.39 is 0 Å². The van der Waals surface area contributed by atoms with Gasteiger partial charge in [-0.3, -0.25) is 14.6 Å². The van der Waals surface area contributed by atoms with E-state index in [1.165, 1.54) is 0 Å². The van der Waals surface area contributed by atoms with Gasteiger partial charge in [0.1, 0.15) is 5.56 Å². The fraction of sp³-hybridized carbons (Fsp3) is 0.389. The van der Waals surface area contributed by atoms with E-state index in [2.05, 4.69) is 22.2 Å². The van der Waals surface area contributed by atoms with Crippen LogP contribution < -0.4 is 10.9 Å². The molecule has 0 saturated heterocycles. The number of carbonyl (C=O) groups excluding carboxylic acids is 1. The van der Waals surface area contributed by atoms with Crippen LogP contribution in [0.2, 0.25) is 0 Å². The smallest absolute Gasteiger partial charge is 0.261 e. The summed E-state index contributed by atoms with van der Waals surface area (Å²) in [5.74, 6) is -0.310. The van der Waals surface area contributed by atoms with Crippen molar-refractivity contribution in [3.8, 4) is 11.3 Å². The maximum atomic E-state index is 12.3. The van der Waals surface area contributed by atoms with Crippen LogP contribution >= 0.6 is 0 Å². The van der Waals surface area contributed by atoms with Crippen molar-refractivity contribution in [3.05, 3.63) is 52.6 Å². The van der Waals surface area contributed by atoms with Crippen molar-refractivity contribution >= 4 is 5.91 Å². The van der Waals surface area contributed by atoms with Crippen molar-refractivity contribution in [2.45, 2.75) is 45.6 Å². The third-order valence-electron chi connectivity index (χ3n) is 3.88. The van der Waals surface area contributed by atoms with Gasteiger partial charge in [0, 0.05) is 29.7 Å². The Bertz CT molecular complexity index is 695.